The standard InChI is InChI=1S/C13H12N4O4/c18-13(16-7-1-9-21-16)12-6-8-15(14-12)10-2-4-11(5-3-10)17(19)20/h2-6,8H,1,7,9H2. The van der Waals surface area contributed by atoms with Crippen LogP contribution in [0.25, 0.3) is 5.69 Å². The predicted molar refractivity (Wildman–Crippen MR) is 71.8 cm³/mol. The molecule has 1 fully saturated rings. The first-order valence-corrected chi connectivity index (χ1v) is 6.40. The van der Waals surface area contributed by atoms with Gasteiger partial charge in [0.05, 0.1) is 23.8 Å². The number of benzene rings is 1. The van der Waals surface area contributed by atoms with Crippen molar-refractivity contribution in [3.63, 3.8) is 0 Å². The van der Waals surface area contributed by atoms with Crippen LogP contribution < -0.4 is 0 Å². The van der Waals surface area contributed by atoms with Gasteiger partial charge in [0, 0.05) is 18.3 Å². The molecule has 2 aromatic rings. The predicted octanol–water partition coefficient (Wildman–Crippen LogP) is 1.56. The summed E-state index contributed by atoms with van der Waals surface area (Å²) < 4.78 is 1.49. The SMILES string of the molecule is O=C(c1ccn(-c2ccc([N+](=O)[O-])cc2)n1)N1CCCO1. The lowest BCUT2D eigenvalue weighted by Crippen LogP contribution is -2.26. The summed E-state index contributed by atoms with van der Waals surface area (Å²) in [6, 6.07) is 7.52. The third kappa shape index (κ3) is 2.61. The molecule has 8 nitrogen and oxygen atoms in total. The summed E-state index contributed by atoms with van der Waals surface area (Å²) in [5.74, 6) is -0.284. The topological polar surface area (TPSA) is 90.5 Å². The zero-order valence-corrected chi connectivity index (χ0v) is 11.0. The molecule has 8 heteroatoms. The molecule has 0 bridgehead atoms. The Morgan fingerprint density at radius 3 is 2.67 bits per heavy atom. The Morgan fingerprint density at radius 1 is 1.29 bits per heavy atom. The van der Waals surface area contributed by atoms with Gasteiger partial charge in [0.2, 0.25) is 0 Å². The molecule has 1 aliphatic rings. The van der Waals surface area contributed by atoms with E-state index < -0.39 is 4.92 Å². The lowest BCUT2D eigenvalue weighted by Gasteiger charge is -2.11. The number of aromatic nitrogens is 2. The third-order valence-corrected chi connectivity index (χ3v) is 3.11. The first kappa shape index (κ1) is 13.3. The number of nitrogens with zero attached hydrogens (tertiary/aromatic N) is 4. The molecule has 21 heavy (non-hydrogen) atoms. The fraction of sp³-hybridized carbons (Fsp3) is 0.231. The summed E-state index contributed by atoms with van der Waals surface area (Å²) in [6.45, 7) is 1.10. The van der Waals surface area contributed by atoms with Crippen molar-refractivity contribution < 1.29 is 14.6 Å². The van der Waals surface area contributed by atoms with E-state index in [-0.39, 0.29) is 17.3 Å². The van der Waals surface area contributed by atoms with Gasteiger partial charge >= 0.3 is 0 Å². The normalized spacial score (nSPS) is 14.4. The highest BCUT2D eigenvalue weighted by atomic mass is 16.7. The average Bonchev–Trinajstić information content (AvgIpc) is 3.18. The molecule has 1 saturated heterocycles. The molecule has 1 aliphatic heterocycles. The number of carbonyl (C=O) groups is 1. The second-order valence-electron chi connectivity index (χ2n) is 4.51. The lowest BCUT2D eigenvalue weighted by molar-refractivity contribution is -0.384. The van der Waals surface area contributed by atoms with E-state index in [1.54, 1.807) is 24.4 Å². The molecule has 2 heterocycles. The highest BCUT2D eigenvalue weighted by molar-refractivity contribution is 5.91. The first-order chi connectivity index (χ1) is 10.1. The molecular formula is C13H12N4O4. The summed E-state index contributed by atoms with van der Waals surface area (Å²) >= 11 is 0. The zero-order chi connectivity index (χ0) is 14.8. The highest BCUT2D eigenvalue weighted by Crippen LogP contribution is 2.16. The maximum atomic E-state index is 12.1. The van der Waals surface area contributed by atoms with Crippen LogP contribution in [0.3, 0.4) is 0 Å². The Morgan fingerprint density at radius 2 is 2.05 bits per heavy atom. The Balaban J connectivity index is 1.80. The van der Waals surface area contributed by atoms with E-state index in [0.717, 1.165) is 6.42 Å². The molecular weight excluding hydrogens is 276 g/mol. The van der Waals surface area contributed by atoms with Gasteiger partial charge in [0.25, 0.3) is 11.6 Å². The van der Waals surface area contributed by atoms with Crippen LogP contribution in [-0.2, 0) is 4.84 Å². The number of nitro groups is 1. The van der Waals surface area contributed by atoms with Crippen LogP contribution in [0, 0.1) is 10.1 Å². The number of nitro benzene ring substituents is 1. The molecule has 1 amide bonds. The Kier molecular flexibility index (Phi) is 3.36. The summed E-state index contributed by atoms with van der Waals surface area (Å²) in [6.07, 6.45) is 2.44. The maximum absolute atomic E-state index is 12.1. The van der Waals surface area contributed by atoms with Crippen LogP contribution in [0.1, 0.15) is 16.9 Å². The fourth-order valence-corrected chi connectivity index (χ4v) is 2.04. The number of amides is 1. The van der Waals surface area contributed by atoms with Crippen molar-refractivity contribution in [1.29, 1.82) is 0 Å². The minimum absolute atomic E-state index is 0.00710. The maximum Gasteiger partial charge on any atom is 0.297 e. The van der Waals surface area contributed by atoms with E-state index in [9.17, 15) is 14.9 Å². The van der Waals surface area contributed by atoms with Crippen LogP contribution in [0.5, 0.6) is 0 Å². The van der Waals surface area contributed by atoms with Crippen molar-refractivity contribution >= 4 is 11.6 Å². The van der Waals surface area contributed by atoms with Crippen molar-refractivity contribution in [3.05, 3.63) is 52.3 Å². The molecule has 0 saturated carbocycles. The van der Waals surface area contributed by atoms with Gasteiger partial charge in [0.15, 0.2) is 5.69 Å². The van der Waals surface area contributed by atoms with E-state index in [2.05, 4.69) is 5.10 Å². The first-order valence-electron chi connectivity index (χ1n) is 6.40. The van der Waals surface area contributed by atoms with Crippen LogP contribution >= 0.6 is 0 Å². The van der Waals surface area contributed by atoms with Crippen LogP contribution in [0.15, 0.2) is 36.5 Å². The van der Waals surface area contributed by atoms with Crippen molar-refractivity contribution in [3.8, 4) is 5.69 Å². The third-order valence-electron chi connectivity index (χ3n) is 3.11. The number of hydroxylamine groups is 2. The molecule has 0 radical (unpaired) electrons. The molecule has 1 aromatic carbocycles. The van der Waals surface area contributed by atoms with Gasteiger partial charge in [-0.05, 0) is 24.6 Å². The second kappa shape index (κ2) is 5.33. The lowest BCUT2D eigenvalue weighted by atomic mass is 10.3. The smallest absolute Gasteiger partial charge is 0.271 e. The van der Waals surface area contributed by atoms with E-state index in [1.165, 1.54) is 21.9 Å². The monoisotopic (exact) mass is 288 g/mol. The van der Waals surface area contributed by atoms with Gasteiger partial charge in [-0.3, -0.25) is 19.7 Å². The summed E-state index contributed by atoms with van der Waals surface area (Å²) in [5, 5.41) is 16.1. The summed E-state index contributed by atoms with van der Waals surface area (Å²) in [5.41, 5.74) is 0.921. The molecule has 0 atom stereocenters. The number of hydrogen-bond acceptors (Lipinski definition) is 5. The van der Waals surface area contributed by atoms with Crippen molar-refractivity contribution in [2.24, 2.45) is 0 Å². The zero-order valence-electron chi connectivity index (χ0n) is 11.0. The Bertz CT molecular complexity index is 674. The second-order valence-corrected chi connectivity index (χ2v) is 4.51. The van der Waals surface area contributed by atoms with Gasteiger partial charge in [-0.1, -0.05) is 0 Å². The van der Waals surface area contributed by atoms with Crippen molar-refractivity contribution in [2.45, 2.75) is 6.42 Å². The summed E-state index contributed by atoms with van der Waals surface area (Å²) in [4.78, 5) is 27.4. The van der Waals surface area contributed by atoms with Crippen molar-refractivity contribution in [1.82, 2.24) is 14.8 Å². The molecule has 0 N–H and O–H groups in total. The van der Waals surface area contributed by atoms with E-state index in [0.29, 0.717) is 18.8 Å². The summed E-state index contributed by atoms with van der Waals surface area (Å²) in [7, 11) is 0. The van der Waals surface area contributed by atoms with E-state index >= 15 is 0 Å². The van der Waals surface area contributed by atoms with Crippen LogP contribution in [0.2, 0.25) is 0 Å². The van der Waals surface area contributed by atoms with Crippen LogP contribution in [0.4, 0.5) is 5.69 Å². The molecule has 0 spiro atoms. The fourth-order valence-electron chi connectivity index (χ4n) is 2.04. The van der Waals surface area contributed by atoms with Gasteiger partial charge in [-0.15, -0.1) is 0 Å². The molecule has 0 aliphatic carbocycles. The van der Waals surface area contributed by atoms with Gasteiger partial charge < -0.3 is 0 Å². The average molecular weight is 288 g/mol. The van der Waals surface area contributed by atoms with E-state index in [4.69, 9.17) is 4.84 Å². The van der Waals surface area contributed by atoms with Crippen molar-refractivity contribution in [2.75, 3.05) is 13.2 Å². The number of non-ortho nitro benzene ring substituents is 1. The van der Waals surface area contributed by atoms with Gasteiger partial charge in [-0.2, -0.15) is 5.10 Å². The highest BCUT2D eigenvalue weighted by Gasteiger charge is 2.23. The van der Waals surface area contributed by atoms with Gasteiger partial charge in [0.1, 0.15) is 0 Å². The van der Waals surface area contributed by atoms with Crippen LogP contribution in [-0.4, -0.2) is 38.8 Å². The number of hydrogen-bond donors (Lipinski definition) is 0. The largest absolute Gasteiger partial charge is 0.297 e. The molecule has 3 rings (SSSR count). The van der Waals surface area contributed by atoms with E-state index in [1.807, 2.05) is 0 Å². The Hall–Kier alpha value is -2.74. The molecule has 1 aromatic heterocycles. The minimum Gasteiger partial charge on any atom is -0.271 e. The number of rotatable bonds is 3. The number of carbonyl (C=O) groups excluding carboxylic acids is 1. The molecule has 0 unspecified atom stereocenters. The van der Waals surface area contributed by atoms with Gasteiger partial charge in [-0.25, -0.2) is 9.75 Å². The Labute approximate surface area is 119 Å². The molecule has 108 valence electrons. The quantitative estimate of drug-likeness (QED) is 0.631. The minimum atomic E-state index is -0.466.